The van der Waals surface area contributed by atoms with E-state index in [1.807, 2.05) is 0 Å². The molecule has 0 saturated heterocycles. The Labute approximate surface area is 200 Å². The van der Waals surface area contributed by atoms with Crippen molar-refractivity contribution in [2.24, 2.45) is 0 Å². The Balaban J connectivity index is 2.26. The molecule has 3 aromatic carbocycles. The maximum absolute atomic E-state index is 9.40. The second kappa shape index (κ2) is 6.68. The Kier molecular flexibility index (Phi) is 2.36. The van der Waals surface area contributed by atoms with Crippen molar-refractivity contribution in [3.8, 4) is 11.1 Å². The number of imidazole rings is 1. The van der Waals surface area contributed by atoms with Gasteiger partial charge in [-0.15, -0.1) is 0 Å². The first-order chi connectivity index (χ1) is 19.2. The first kappa shape index (κ1) is 10.9. The number of aromatic nitrogens is 2. The molecule has 0 aliphatic carbocycles. The average Bonchev–Trinajstić information content (AvgIpc) is 3.15. The quantitative estimate of drug-likeness (QED) is 0.253. The molecule has 2 heteroatoms. The molecule has 0 unspecified atom stereocenters. The fourth-order valence-electron chi connectivity index (χ4n) is 3.59. The molecule has 5 aromatic rings. The van der Waals surface area contributed by atoms with Crippen LogP contribution in [-0.4, -0.2) is 9.38 Å². The molecule has 0 atom stereocenters. The largest absolute Gasteiger partial charge is 0.299 e. The molecule has 0 saturated carbocycles. The normalized spacial score (nSPS) is 17.8. The van der Waals surface area contributed by atoms with E-state index in [1.165, 1.54) is 10.5 Å². The van der Waals surface area contributed by atoms with Crippen LogP contribution in [0.3, 0.4) is 0 Å². The molecule has 0 spiro atoms. The van der Waals surface area contributed by atoms with Crippen LogP contribution in [0, 0.1) is 0 Å². The molecule has 31 heavy (non-hydrogen) atoms. The van der Waals surface area contributed by atoms with Gasteiger partial charge in [-0.05, 0) is 45.0 Å². The fourth-order valence-corrected chi connectivity index (χ4v) is 3.59. The van der Waals surface area contributed by atoms with Gasteiger partial charge in [0.2, 0.25) is 0 Å². The number of nitrogens with zero attached hydrogens (tertiary/aromatic N) is 2. The predicted octanol–water partition coefficient (Wildman–Crippen LogP) is 7.90. The van der Waals surface area contributed by atoms with Gasteiger partial charge < -0.3 is 0 Å². The van der Waals surface area contributed by atoms with E-state index in [1.54, 1.807) is 41.5 Å². The molecule has 5 rings (SSSR count). The van der Waals surface area contributed by atoms with E-state index in [2.05, 4.69) is 4.98 Å². The third-order valence-corrected chi connectivity index (χ3v) is 5.34. The Bertz CT molecular complexity index is 1980. The average molecular weight is 418 g/mol. The molecule has 156 valence electrons. The molecule has 0 radical (unpaired) electrons. The highest BCUT2D eigenvalue weighted by Gasteiger charge is 2.21. The minimum Gasteiger partial charge on any atom is -0.299 e. The lowest BCUT2D eigenvalue weighted by Crippen LogP contribution is -2.12. The molecular formula is C29H30N2. The summed E-state index contributed by atoms with van der Waals surface area (Å²) in [6, 6.07) is -1.47. The monoisotopic (exact) mass is 417 g/mol. The summed E-state index contributed by atoms with van der Waals surface area (Å²) in [5.74, 6) is 0. The Hall–Kier alpha value is -3.13. The van der Waals surface area contributed by atoms with Crippen molar-refractivity contribution in [3.63, 3.8) is 0 Å². The summed E-state index contributed by atoms with van der Waals surface area (Å²) in [7, 11) is 0. The Morgan fingerprint density at radius 3 is 2.16 bits per heavy atom. The maximum Gasteiger partial charge on any atom is 0.145 e. The molecule has 2 aromatic heterocycles. The fraction of sp³-hybridized carbons (Fsp3) is 0.276. The van der Waals surface area contributed by atoms with E-state index >= 15 is 0 Å². The highest BCUT2D eigenvalue weighted by molar-refractivity contribution is 6.15. The molecule has 0 bridgehead atoms. The van der Waals surface area contributed by atoms with Crippen LogP contribution < -0.4 is 0 Å². The Morgan fingerprint density at radius 2 is 1.48 bits per heavy atom. The van der Waals surface area contributed by atoms with Gasteiger partial charge in [0.05, 0.1) is 20.6 Å². The number of fused-ring (bicyclic) bond motifs is 6. The highest BCUT2D eigenvalue weighted by atomic mass is 15.0. The van der Waals surface area contributed by atoms with Crippen molar-refractivity contribution in [1.82, 2.24) is 9.38 Å². The van der Waals surface area contributed by atoms with Gasteiger partial charge in [0.1, 0.15) is 5.65 Å². The lowest BCUT2D eigenvalue weighted by molar-refractivity contribution is 0.590. The van der Waals surface area contributed by atoms with Crippen molar-refractivity contribution >= 4 is 27.3 Å². The molecule has 2 heterocycles. The zero-order valence-electron chi connectivity index (χ0n) is 29.5. The van der Waals surface area contributed by atoms with E-state index in [0.29, 0.717) is 0 Å². The number of benzene rings is 3. The number of pyridine rings is 1. The maximum atomic E-state index is 9.40. The van der Waals surface area contributed by atoms with Gasteiger partial charge in [0, 0.05) is 28.7 Å². The summed E-state index contributed by atoms with van der Waals surface area (Å²) in [6.07, 6.45) is -0.849. The molecule has 0 N–H and O–H groups in total. The van der Waals surface area contributed by atoms with Gasteiger partial charge in [-0.3, -0.25) is 4.40 Å². The van der Waals surface area contributed by atoms with Crippen molar-refractivity contribution in [2.45, 2.75) is 52.4 Å². The van der Waals surface area contributed by atoms with E-state index in [-0.39, 0.29) is 85.8 Å². The van der Waals surface area contributed by atoms with Gasteiger partial charge in [0.15, 0.2) is 0 Å². The summed E-state index contributed by atoms with van der Waals surface area (Å²) in [4.78, 5) is 4.22. The van der Waals surface area contributed by atoms with Gasteiger partial charge in [0.25, 0.3) is 0 Å². The zero-order valence-corrected chi connectivity index (χ0v) is 18.5. The van der Waals surface area contributed by atoms with Crippen molar-refractivity contribution < 1.29 is 15.1 Å². The topological polar surface area (TPSA) is 17.3 Å². The molecule has 0 aliphatic rings. The molecule has 0 fully saturated rings. The van der Waals surface area contributed by atoms with Crippen molar-refractivity contribution in [3.05, 3.63) is 83.9 Å². The summed E-state index contributed by atoms with van der Waals surface area (Å²) in [5.41, 5.74) is -1.47. The van der Waals surface area contributed by atoms with Crippen LogP contribution in [0.5, 0.6) is 0 Å². The summed E-state index contributed by atoms with van der Waals surface area (Å²) >= 11 is 0. The second-order valence-corrected chi connectivity index (χ2v) is 9.80. The lowest BCUT2D eigenvalue weighted by atomic mass is 9.82. The van der Waals surface area contributed by atoms with Crippen molar-refractivity contribution in [2.75, 3.05) is 0 Å². The Morgan fingerprint density at radius 1 is 0.774 bits per heavy atom. The molecule has 0 amide bonds. The second-order valence-electron chi connectivity index (χ2n) is 9.80. The summed E-state index contributed by atoms with van der Waals surface area (Å²) in [5, 5.41) is 0.302. The first-order valence-corrected chi connectivity index (χ1v) is 10.2. The molecule has 2 nitrogen and oxygen atoms in total. The number of rotatable bonds is 1. The molecule has 0 aliphatic heterocycles. The number of hydrogen-bond acceptors (Lipinski definition) is 1. The summed E-state index contributed by atoms with van der Waals surface area (Å²) < 4.78 is 98.4. The van der Waals surface area contributed by atoms with E-state index in [9.17, 15) is 2.74 Å². The van der Waals surface area contributed by atoms with Gasteiger partial charge in [-0.25, -0.2) is 4.98 Å². The SMILES string of the molecule is [2H]c1cc2c(c([2H])c1[2H])c1c([2H])c(C(C)(C)C)c([2H])c(-c3c([2H])c([2H])c(C(C)(C)C)c([2H])c3[2H])c1n1c([2H])c([2H])nc21. The van der Waals surface area contributed by atoms with Crippen LogP contribution in [0.15, 0.2) is 72.8 Å². The van der Waals surface area contributed by atoms with E-state index in [0.717, 1.165) is 0 Å². The lowest BCUT2D eigenvalue weighted by Gasteiger charge is -2.23. The van der Waals surface area contributed by atoms with E-state index in [4.69, 9.17) is 12.3 Å². The smallest absolute Gasteiger partial charge is 0.145 e. The van der Waals surface area contributed by atoms with Gasteiger partial charge in [-0.1, -0.05) is 89.9 Å². The minimum absolute atomic E-state index is 0.000347. The van der Waals surface area contributed by atoms with Crippen molar-refractivity contribution in [1.29, 1.82) is 0 Å². The van der Waals surface area contributed by atoms with Gasteiger partial charge in [-0.2, -0.15) is 0 Å². The van der Waals surface area contributed by atoms with Crippen LogP contribution >= 0.6 is 0 Å². The van der Waals surface area contributed by atoms with Crippen LogP contribution in [-0.2, 0) is 10.8 Å². The van der Waals surface area contributed by atoms with Crippen LogP contribution in [0.2, 0.25) is 0 Å². The number of hydrogen-bond donors (Lipinski definition) is 0. The predicted molar refractivity (Wildman–Crippen MR) is 133 cm³/mol. The third kappa shape index (κ3) is 3.22. The summed E-state index contributed by atoms with van der Waals surface area (Å²) in [6.45, 7) is 10.7. The third-order valence-electron chi connectivity index (χ3n) is 5.34. The first-order valence-electron chi connectivity index (χ1n) is 15.7. The standard InChI is InChI=1S/C29H30N2/c1-28(2,3)20-13-11-19(12-14-20)24-17-21(29(4,5)6)18-25-22-9-7-8-10-23(22)27-30-15-16-31(27)26(24)25/h7-18H,1-6H3/i7D,8D,9D,11D,12D,13D,14D,15D,16D,17D,18D. The van der Waals surface area contributed by atoms with Gasteiger partial charge >= 0.3 is 0 Å². The van der Waals surface area contributed by atoms with Crippen LogP contribution in [0.4, 0.5) is 0 Å². The highest BCUT2D eigenvalue weighted by Crippen LogP contribution is 2.39. The van der Waals surface area contributed by atoms with Crippen LogP contribution in [0.1, 0.15) is 67.7 Å². The van der Waals surface area contributed by atoms with Crippen LogP contribution in [0.25, 0.3) is 38.4 Å². The molecular weight excluding hydrogens is 376 g/mol. The zero-order chi connectivity index (χ0) is 31.5. The minimum atomic E-state index is -0.831. The van der Waals surface area contributed by atoms with E-state index < -0.39 is 41.3 Å².